The maximum atomic E-state index is 13.7. The Bertz CT molecular complexity index is 856. The summed E-state index contributed by atoms with van der Waals surface area (Å²) in [5.41, 5.74) is 0.753. The number of benzene rings is 2. The van der Waals surface area contributed by atoms with Crippen LogP contribution in [0.1, 0.15) is 11.6 Å². The summed E-state index contributed by atoms with van der Waals surface area (Å²) in [6, 6.07) is 10.1. The van der Waals surface area contributed by atoms with Crippen LogP contribution in [0.25, 0.3) is 0 Å². The van der Waals surface area contributed by atoms with Crippen molar-refractivity contribution >= 4 is 21.6 Å². The van der Waals surface area contributed by atoms with Gasteiger partial charge in [-0.05, 0) is 24.3 Å². The number of halogens is 2. The van der Waals surface area contributed by atoms with Crippen molar-refractivity contribution in [2.75, 3.05) is 26.7 Å². The van der Waals surface area contributed by atoms with Gasteiger partial charge in [-0.3, -0.25) is 0 Å². The molecule has 5 nitrogen and oxygen atoms in total. The first-order valence-corrected chi connectivity index (χ1v) is 9.57. The average molecular weight is 385 g/mol. The van der Waals surface area contributed by atoms with Crippen LogP contribution in [0, 0.1) is 5.82 Å². The van der Waals surface area contributed by atoms with E-state index in [2.05, 4.69) is 5.32 Å². The second-order valence-electron chi connectivity index (χ2n) is 5.68. The van der Waals surface area contributed by atoms with Crippen LogP contribution in [0.15, 0.2) is 47.4 Å². The van der Waals surface area contributed by atoms with E-state index in [9.17, 15) is 12.8 Å². The highest BCUT2D eigenvalue weighted by molar-refractivity contribution is 7.89. The molecule has 0 radical (unpaired) electrons. The number of para-hydroxylation sites is 1. The maximum absolute atomic E-state index is 13.7. The van der Waals surface area contributed by atoms with Gasteiger partial charge in [0.2, 0.25) is 10.0 Å². The first-order valence-electron chi connectivity index (χ1n) is 7.75. The molecule has 1 aliphatic rings. The van der Waals surface area contributed by atoms with E-state index in [1.807, 2.05) is 18.2 Å². The molecule has 25 heavy (non-hydrogen) atoms. The molecule has 0 spiro atoms. The van der Waals surface area contributed by atoms with E-state index in [4.69, 9.17) is 16.3 Å². The molecule has 1 saturated heterocycles. The second-order valence-corrected chi connectivity index (χ2v) is 8.01. The first-order chi connectivity index (χ1) is 11.9. The summed E-state index contributed by atoms with van der Waals surface area (Å²) in [5.74, 6) is -0.0799. The lowest BCUT2D eigenvalue weighted by molar-refractivity contribution is 0.264. The summed E-state index contributed by atoms with van der Waals surface area (Å²) < 4.78 is 46.6. The number of nitrogens with one attached hydrogen (secondary N) is 1. The number of rotatable bonds is 4. The van der Waals surface area contributed by atoms with Crippen LogP contribution in [0.3, 0.4) is 0 Å². The second kappa shape index (κ2) is 7.29. The fourth-order valence-electron chi connectivity index (χ4n) is 2.99. The molecule has 0 saturated carbocycles. The molecule has 3 rings (SSSR count). The summed E-state index contributed by atoms with van der Waals surface area (Å²) in [6.07, 6.45) is 0. The smallest absolute Gasteiger partial charge is 0.243 e. The van der Waals surface area contributed by atoms with Crippen molar-refractivity contribution in [3.05, 3.63) is 58.9 Å². The van der Waals surface area contributed by atoms with Gasteiger partial charge in [-0.15, -0.1) is 0 Å². The Hall–Kier alpha value is -1.67. The van der Waals surface area contributed by atoms with E-state index < -0.39 is 21.9 Å². The molecule has 1 heterocycles. The van der Waals surface area contributed by atoms with Gasteiger partial charge in [0, 0.05) is 30.2 Å². The molecule has 134 valence electrons. The van der Waals surface area contributed by atoms with Crippen LogP contribution >= 0.6 is 11.6 Å². The third-order valence-electron chi connectivity index (χ3n) is 4.13. The van der Waals surface area contributed by atoms with Gasteiger partial charge in [0.25, 0.3) is 0 Å². The van der Waals surface area contributed by atoms with Gasteiger partial charge in [-0.1, -0.05) is 29.8 Å². The topological polar surface area (TPSA) is 58.6 Å². The van der Waals surface area contributed by atoms with Gasteiger partial charge in [-0.2, -0.15) is 4.31 Å². The predicted octanol–water partition coefficient (Wildman–Crippen LogP) is 2.82. The van der Waals surface area contributed by atoms with Crippen molar-refractivity contribution < 1.29 is 17.5 Å². The maximum Gasteiger partial charge on any atom is 0.243 e. The van der Waals surface area contributed by atoms with Crippen molar-refractivity contribution in [1.82, 2.24) is 9.62 Å². The van der Waals surface area contributed by atoms with Gasteiger partial charge in [0.1, 0.15) is 11.6 Å². The van der Waals surface area contributed by atoms with Gasteiger partial charge in [-0.25, -0.2) is 12.8 Å². The van der Waals surface area contributed by atoms with E-state index >= 15 is 0 Å². The van der Waals surface area contributed by atoms with Crippen LogP contribution in [0.2, 0.25) is 5.02 Å². The van der Waals surface area contributed by atoms with Crippen LogP contribution in [-0.2, 0) is 10.0 Å². The first kappa shape index (κ1) is 18.1. The minimum absolute atomic E-state index is 0.0440. The van der Waals surface area contributed by atoms with Crippen LogP contribution in [0.4, 0.5) is 4.39 Å². The van der Waals surface area contributed by atoms with E-state index in [0.29, 0.717) is 18.8 Å². The molecule has 1 atom stereocenters. The Morgan fingerprint density at radius 3 is 2.76 bits per heavy atom. The number of piperazine rings is 1. The zero-order valence-electron chi connectivity index (χ0n) is 13.6. The van der Waals surface area contributed by atoms with Crippen molar-refractivity contribution in [2.24, 2.45) is 0 Å². The van der Waals surface area contributed by atoms with Gasteiger partial charge >= 0.3 is 0 Å². The Labute approximate surface area is 151 Å². The third kappa shape index (κ3) is 3.64. The summed E-state index contributed by atoms with van der Waals surface area (Å²) in [6.45, 7) is 1.20. The van der Waals surface area contributed by atoms with Crippen molar-refractivity contribution in [3.63, 3.8) is 0 Å². The zero-order valence-corrected chi connectivity index (χ0v) is 15.1. The molecule has 0 aromatic heterocycles. The molecule has 2 aromatic rings. The fraction of sp³-hybridized carbons (Fsp3) is 0.294. The number of nitrogens with zero attached hydrogens (tertiary/aromatic N) is 1. The summed E-state index contributed by atoms with van der Waals surface area (Å²) in [5, 5.41) is 3.24. The Kier molecular flexibility index (Phi) is 5.29. The van der Waals surface area contributed by atoms with Gasteiger partial charge < -0.3 is 10.1 Å². The largest absolute Gasteiger partial charge is 0.496 e. The van der Waals surface area contributed by atoms with Crippen molar-refractivity contribution in [3.8, 4) is 5.75 Å². The number of hydrogen-bond acceptors (Lipinski definition) is 4. The highest BCUT2D eigenvalue weighted by Crippen LogP contribution is 2.34. The van der Waals surface area contributed by atoms with Gasteiger partial charge in [0.05, 0.1) is 18.0 Å². The molecular formula is C17H18ClFN2O3S. The molecule has 2 aromatic carbocycles. The van der Waals surface area contributed by atoms with E-state index in [-0.39, 0.29) is 16.5 Å². The van der Waals surface area contributed by atoms with Crippen LogP contribution in [-0.4, -0.2) is 39.5 Å². The van der Waals surface area contributed by atoms with E-state index in [1.165, 1.54) is 10.4 Å². The lowest BCUT2D eigenvalue weighted by Gasteiger charge is -2.36. The highest BCUT2D eigenvalue weighted by Gasteiger charge is 2.36. The molecule has 8 heteroatoms. The molecule has 1 aliphatic heterocycles. The summed E-state index contributed by atoms with van der Waals surface area (Å²) in [4.78, 5) is -0.153. The van der Waals surface area contributed by atoms with E-state index in [0.717, 1.165) is 17.7 Å². The molecule has 1 unspecified atom stereocenters. The third-order valence-corrected chi connectivity index (χ3v) is 6.24. The quantitative estimate of drug-likeness (QED) is 0.880. The summed E-state index contributed by atoms with van der Waals surface area (Å²) >= 11 is 5.84. The molecular weight excluding hydrogens is 367 g/mol. The average Bonchev–Trinajstić information content (AvgIpc) is 2.61. The number of methoxy groups -OCH3 is 1. The molecule has 1 fully saturated rings. The van der Waals surface area contributed by atoms with Crippen LogP contribution < -0.4 is 10.1 Å². The summed E-state index contributed by atoms with van der Waals surface area (Å²) in [7, 11) is -2.37. The molecule has 1 N–H and O–H groups in total. The molecule has 0 bridgehead atoms. The number of hydrogen-bond donors (Lipinski definition) is 1. The standard InChI is InChI=1S/C17H18ClFN2O3S/c1-24-17-5-3-2-4-15(17)16-11-20-6-7-21(16)25(22,23)14-9-12(18)8-13(19)10-14/h2-5,8-10,16,20H,6-7,11H2,1H3. The molecule has 0 aliphatic carbocycles. The van der Waals surface area contributed by atoms with E-state index in [1.54, 1.807) is 13.2 Å². The Morgan fingerprint density at radius 2 is 2.04 bits per heavy atom. The fourth-order valence-corrected chi connectivity index (χ4v) is 4.94. The minimum atomic E-state index is -3.92. The number of sulfonamides is 1. The zero-order chi connectivity index (χ0) is 18.0. The normalized spacial score (nSPS) is 18.9. The molecule has 0 amide bonds. The lowest BCUT2D eigenvalue weighted by atomic mass is 10.0. The van der Waals surface area contributed by atoms with Gasteiger partial charge in [0.15, 0.2) is 0 Å². The number of ether oxygens (including phenoxy) is 1. The van der Waals surface area contributed by atoms with Crippen LogP contribution in [0.5, 0.6) is 5.75 Å². The van der Waals surface area contributed by atoms with Crippen molar-refractivity contribution in [1.29, 1.82) is 0 Å². The Balaban J connectivity index is 2.06. The predicted molar refractivity (Wildman–Crippen MR) is 93.9 cm³/mol. The lowest BCUT2D eigenvalue weighted by Crippen LogP contribution is -2.48. The van der Waals surface area contributed by atoms with Crippen molar-refractivity contribution in [2.45, 2.75) is 10.9 Å². The minimum Gasteiger partial charge on any atom is -0.496 e. The highest BCUT2D eigenvalue weighted by atomic mass is 35.5. The SMILES string of the molecule is COc1ccccc1C1CNCCN1S(=O)(=O)c1cc(F)cc(Cl)c1. The Morgan fingerprint density at radius 1 is 1.28 bits per heavy atom. The monoisotopic (exact) mass is 384 g/mol.